The summed E-state index contributed by atoms with van der Waals surface area (Å²) in [5.74, 6) is 2.85. The van der Waals surface area contributed by atoms with E-state index in [1.807, 2.05) is 18.2 Å². The number of allylic oxidation sites excluding steroid dienone is 5. The maximum absolute atomic E-state index is 7.18. The molecule has 8 aromatic carbocycles. The number of fused-ring (bicyclic) bond motifs is 16. The van der Waals surface area contributed by atoms with Crippen molar-refractivity contribution in [3.8, 4) is 50.9 Å². The number of hydrogen-bond donors (Lipinski definition) is 0. The highest BCUT2D eigenvalue weighted by Crippen LogP contribution is 2.67. The summed E-state index contributed by atoms with van der Waals surface area (Å²) in [5, 5.41) is 1.28. The molecule has 4 aliphatic carbocycles. The zero-order chi connectivity index (χ0) is 42.6. The second-order valence-corrected chi connectivity index (χ2v) is 17.6. The Hall–Kier alpha value is -8.26. The molecule has 1 spiro atoms. The molecule has 9 aromatic rings. The van der Waals surface area contributed by atoms with Crippen LogP contribution in [0.4, 0.5) is 17.1 Å². The van der Waals surface area contributed by atoms with E-state index in [-0.39, 0.29) is 0 Å². The Morgan fingerprint density at radius 1 is 0.569 bits per heavy atom. The van der Waals surface area contributed by atoms with Gasteiger partial charge in [0, 0.05) is 50.9 Å². The van der Waals surface area contributed by atoms with Crippen molar-refractivity contribution in [3.05, 3.63) is 239 Å². The highest BCUT2D eigenvalue weighted by atomic mass is 16.6. The van der Waals surface area contributed by atoms with E-state index < -0.39 is 5.41 Å². The molecule has 2 heterocycles. The maximum Gasteiger partial charge on any atom is 0.178 e. The van der Waals surface area contributed by atoms with Gasteiger partial charge in [0.05, 0.1) is 16.6 Å². The van der Waals surface area contributed by atoms with Crippen molar-refractivity contribution in [2.45, 2.75) is 31.1 Å². The Balaban J connectivity index is 0.897. The Kier molecular flexibility index (Phi) is 7.73. The fourth-order valence-corrected chi connectivity index (χ4v) is 11.7. The lowest BCUT2D eigenvalue weighted by atomic mass is 9.69. The summed E-state index contributed by atoms with van der Waals surface area (Å²) in [6.07, 6.45) is 13.6. The fraction of sp³-hybridized carbons (Fsp3) is 0.0820. The molecule has 65 heavy (non-hydrogen) atoms. The smallest absolute Gasteiger partial charge is 0.178 e. The minimum absolute atomic E-state index is 0.427. The van der Waals surface area contributed by atoms with E-state index in [0.29, 0.717) is 11.5 Å². The molecule has 0 N–H and O–H groups in total. The molecule has 1 aliphatic heterocycles. The van der Waals surface area contributed by atoms with Crippen LogP contribution in [-0.2, 0) is 11.8 Å². The Bertz CT molecular complexity index is 3570. The predicted molar refractivity (Wildman–Crippen MR) is 262 cm³/mol. The molecule has 0 bridgehead atoms. The van der Waals surface area contributed by atoms with Crippen LogP contribution in [0.15, 0.2) is 194 Å². The fourth-order valence-electron chi connectivity index (χ4n) is 11.7. The Morgan fingerprint density at radius 3 is 2.26 bits per heavy atom. The molecule has 0 saturated carbocycles. The third-order valence-corrected chi connectivity index (χ3v) is 14.2. The molecule has 0 saturated heterocycles. The highest BCUT2D eigenvalue weighted by Gasteiger charge is 2.54. The van der Waals surface area contributed by atoms with Gasteiger partial charge in [-0.15, -0.1) is 0 Å². The van der Waals surface area contributed by atoms with E-state index >= 15 is 0 Å². The lowest BCUT2D eigenvalue weighted by Gasteiger charge is -2.32. The minimum atomic E-state index is -0.427. The van der Waals surface area contributed by atoms with Gasteiger partial charge in [0.2, 0.25) is 0 Å². The van der Waals surface area contributed by atoms with Crippen LogP contribution in [0.3, 0.4) is 0 Å². The van der Waals surface area contributed by atoms with Crippen molar-refractivity contribution in [1.29, 1.82) is 0 Å². The monoisotopic (exact) mass is 832 g/mol. The molecule has 306 valence electrons. The summed E-state index contributed by atoms with van der Waals surface area (Å²) < 4.78 is 16.4. The van der Waals surface area contributed by atoms with Crippen molar-refractivity contribution >= 4 is 39.6 Å². The van der Waals surface area contributed by atoms with Gasteiger partial charge in [-0.1, -0.05) is 140 Å². The van der Waals surface area contributed by atoms with E-state index in [1.165, 1.54) is 61.1 Å². The van der Waals surface area contributed by atoms with Crippen molar-refractivity contribution in [3.63, 3.8) is 0 Å². The maximum atomic E-state index is 7.18. The molecule has 5 aliphatic rings. The van der Waals surface area contributed by atoms with Crippen molar-refractivity contribution in [1.82, 2.24) is 4.57 Å². The number of anilines is 3. The first kappa shape index (κ1) is 36.2. The summed E-state index contributed by atoms with van der Waals surface area (Å²) in [6, 6.07) is 67.6. The summed E-state index contributed by atoms with van der Waals surface area (Å²) in [4.78, 5) is 2.33. The zero-order valence-electron chi connectivity index (χ0n) is 35.5. The van der Waals surface area contributed by atoms with Crippen molar-refractivity contribution < 1.29 is 9.47 Å². The topological polar surface area (TPSA) is 26.6 Å². The summed E-state index contributed by atoms with van der Waals surface area (Å²) >= 11 is 0. The third-order valence-electron chi connectivity index (χ3n) is 14.2. The number of benzene rings is 7. The van der Waals surface area contributed by atoms with Gasteiger partial charge in [-0.25, -0.2) is 0 Å². The van der Waals surface area contributed by atoms with Crippen LogP contribution in [0, 0.1) is 12.1 Å². The molecule has 4 heteroatoms. The number of ether oxygens (including phenoxy) is 2. The van der Waals surface area contributed by atoms with Crippen LogP contribution < -0.4 is 14.4 Å². The number of nitrogens with zero attached hydrogens (tertiary/aromatic N) is 2. The van der Waals surface area contributed by atoms with E-state index in [9.17, 15) is 0 Å². The van der Waals surface area contributed by atoms with Gasteiger partial charge in [0.15, 0.2) is 23.0 Å². The van der Waals surface area contributed by atoms with Crippen LogP contribution in [0.1, 0.15) is 52.8 Å². The normalized spacial score (nSPS) is 16.7. The number of rotatable bonds is 5. The molecular formula is C61H40N2O2. The van der Waals surface area contributed by atoms with Gasteiger partial charge >= 0.3 is 0 Å². The number of hydrogen-bond acceptors (Lipinski definition) is 3. The molecule has 1 aromatic heterocycles. The van der Waals surface area contributed by atoms with Gasteiger partial charge in [-0.2, -0.15) is 0 Å². The van der Waals surface area contributed by atoms with Crippen LogP contribution in [-0.4, -0.2) is 4.57 Å². The number of aromatic nitrogens is 1. The average molecular weight is 833 g/mol. The quantitative estimate of drug-likeness (QED) is 0.173. The van der Waals surface area contributed by atoms with Crippen LogP contribution >= 0.6 is 0 Å². The SMILES string of the molecule is c1cc(-c2ccc3c(c2)Oc2c(ccc4c2-c2ccccc2C42C4=CCCC=C4c4ccccc42)O3)c(N(c2ccccc2)c2cccc(-n3c4c(c5ccccc53)C=CCC4)c2)cc#1. The second kappa shape index (κ2) is 13.9. The predicted octanol–water partition coefficient (Wildman–Crippen LogP) is 15.7. The number of para-hydroxylation sites is 2. The van der Waals surface area contributed by atoms with Gasteiger partial charge in [-0.3, -0.25) is 0 Å². The molecule has 0 radical (unpaired) electrons. The molecule has 0 fully saturated rings. The summed E-state index contributed by atoms with van der Waals surface area (Å²) in [7, 11) is 0. The highest BCUT2D eigenvalue weighted by molar-refractivity contribution is 6.02. The lowest BCUT2D eigenvalue weighted by Crippen LogP contribution is -2.26. The zero-order valence-corrected chi connectivity index (χ0v) is 35.5. The first-order valence-electron chi connectivity index (χ1n) is 22.7. The Morgan fingerprint density at radius 2 is 1.34 bits per heavy atom. The van der Waals surface area contributed by atoms with Crippen LogP contribution in [0.2, 0.25) is 0 Å². The van der Waals surface area contributed by atoms with E-state index in [4.69, 9.17) is 9.47 Å². The van der Waals surface area contributed by atoms with E-state index in [2.05, 4.69) is 198 Å². The lowest BCUT2D eigenvalue weighted by molar-refractivity contribution is 0.360. The summed E-state index contributed by atoms with van der Waals surface area (Å²) in [6.45, 7) is 0. The second-order valence-electron chi connectivity index (χ2n) is 17.6. The van der Waals surface area contributed by atoms with Gasteiger partial charge in [0.1, 0.15) is 0 Å². The first-order chi connectivity index (χ1) is 32.3. The Labute approximate surface area is 378 Å². The van der Waals surface area contributed by atoms with Crippen LogP contribution in [0.25, 0.3) is 50.5 Å². The van der Waals surface area contributed by atoms with Crippen molar-refractivity contribution in [2.24, 2.45) is 0 Å². The molecule has 14 rings (SSSR count). The largest absolute Gasteiger partial charge is 0.449 e. The minimum Gasteiger partial charge on any atom is -0.449 e. The molecule has 4 nitrogen and oxygen atoms in total. The molecule has 1 atom stereocenters. The standard InChI is InChI=1S/C61H40N2O2/c1-2-17-40(18-3-1)62(41-19-16-20-42(38-41)63-54-31-14-8-24-46(54)47-25-9-15-32-55(47)63)53-30-13-7-21-43(53)39-33-35-56-58(37-39)65-60-57(64-56)36-34-52-59(60)48-26-6-12-29-51(48)61(52)49-27-10-4-22-44(49)45-23-5-11-28-50(45)61/h1-4,6,8-10,12,14,16-31,33-38H,5,11,15,32H2. The van der Waals surface area contributed by atoms with Gasteiger partial charge < -0.3 is 18.9 Å². The van der Waals surface area contributed by atoms with Gasteiger partial charge in [0.25, 0.3) is 0 Å². The summed E-state index contributed by atoms with van der Waals surface area (Å²) in [5.41, 5.74) is 19.9. The molecular weight excluding hydrogens is 793 g/mol. The molecule has 0 amide bonds. The third kappa shape index (κ3) is 5.10. The van der Waals surface area contributed by atoms with E-state index in [0.717, 1.165) is 76.6 Å². The van der Waals surface area contributed by atoms with E-state index in [1.54, 1.807) is 0 Å². The van der Waals surface area contributed by atoms with Crippen molar-refractivity contribution in [2.75, 3.05) is 4.90 Å². The average Bonchev–Trinajstić information content (AvgIpc) is 3.98. The first-order valence-corrected chi connectivity index (χ1v) is 22.7. The molecule has 1 unspecified atom stereocenters. The van der Waals surface area contributed by atoms with Crippen LogP contribution in [0.5, 0.6) is 23.0 Å². The van der Waals surface area contributed by atoms with Gasteiger partial charge in [-0.05, 0) is 131 Å².